The van der Waals surface area contributed by atoms with Crippen molar-refractivity contribution >= 4 is 7.60 Å². The Bertz CT molecular complexity index is 158. The molecule has 0 saturated carbocycles. The molecule has 0 aromatic carbocycles. The summed E-state index contributed by atoms with van der Waals surface area (Å²) in [5.41, 5.74) is 0. The standard InChI is InChI=1S/C5H11O4P/c1-8-10(7)4-5(2-6)3-9-10/h5-6H,2-4H2,1H3/t5?,10-/m0/s1. The topological polar surface area (TPSA) is 55.8 Å². The van der Waals surface area contributed by atoms with Crippen LogP contribution in [0.5, 0.6) is 0 Å². The molecule has 0 aliphatic carbocycles. The number of hydrogen-bond donors (Lipinski definition) is 1. The molecule has 1 fully saturated rings. The molecule has 10 heavy (non-hydrogen) atoms. The van der Waals surface area contributed by atoms with E-state index >= 15 is 0 Å². The highest BCUT2D eigenvalue weighted by Gasteiger charge is 2.35. The highest BCUT2D eigenvalue weighted by molar-refractivity contribution is 7.54. The monoisotopic (exact) mass is 166 g/mol. The number of aliphatic hydroxyl groups excluding tert-OH is 1. The molecule has 1 aliphatic heterocycles. The Morgan fingerprint density at radius 1 is 1.90 bits per heavy atom. The lowest BCUT2D eigenvalue weighted by Gasteiger charge is -2.05. The normalized spacial score (nSPS) is 40.4. The smallest absolute Gasteiger partial charge is 0.330 e. The molecular weight excluding hydrogens is 155 g/mol. The molecule has 1 rings (SSSR count). The average molecular weight is 166 g/mol. The summed E-state index contributed by atoms with van der Waals surface area (Å²) in [6.07, 6.45) is 0.347. The van der Waals surface area contributed by atoms with E-state index in [-0.39, 0.29) is 12.5 Å². The highest BCUT2D eigenvalue weighted by Crippen LogP contribution is 2.53. The molecule has 1 unspecified atom stereocenters. The number of aliphatic hydroxyl groups is 1. The zero-order valence-corrected chi connectivity index (χ0v) is 6.71. The lowest BCUT2D eigenvalue weighted by atomic mass is 10.2. The first-order valence-electron chi connectivity index (χ1n) is 3.10. The van der Waals surface area contributed by atoms with Crippen LogP contribution in [0.4, 0.5) is 0 Å². The second kappa shape index (κ2) is 3.01. The average Bonchev–Trinajstić information content (AvgIpc) is 2.33. The van der Waals surface area contributed by atoms with Crippen molar-refractivity contribution in [2.45, 2.75) is 0 Å². The van der Waals surface area contributed by atoms with E-state index in [0.717, 1.165) is 0 Å². The molecule has 0 amide bonds. The van der Waals surface area contributed by atoms with Crippen LogP contribution in [-0.4, -0.2) is 31.6 Å². The SMILES string of the molecule is CO[P@@]1(=O)CC(CO)CO1. The van der Waals surface area contributed by atoms with Gasteiger partial charge in [0.25, 0.3) is 0 Å². The van der Waals surface area contributed by atoms with Crippen LogP contribution in [0.25, 0.3) is 0 Å². The van der Waals surface area contributed by atoms with Crippen molar-refractivity contribution in [2.24, 2.45) is 5.92 Å². The molecule has 0 aromatic heterocycles. The fraction of sp³-hybridized carbons (Fsp3) is 1.00. The second-order valence-corrected chi connectivity index (χ2v) is 4.53. The molecule has 2 atom stereocenters. The fourth-order valence-electron chi connectivity index (χ4n) is 0.878. The third kappa shape index (κ3) is 1.58. The Balaban J connectivity index is 2.49. The van der Waals surface area contributed by atoms with E-state index in [2.05, 4.69) is 4.52 Å². The molecule has 0 spiro atoms. The van der Waals surface area contributed by atoms with E-state index in [0.29, 0.717) is 12.8 Å². The van der Waals surface area contributed by atoms with E-state index in [1.807, 2.05) is 0 Å². The molecule has 0 aromatic rings. The minimum Gasteiger partial charge on any atom is -0.396 e. The van der Waals surface area contributed by atoms with Gasteiger partial charge in [-0.05, 0) is 0 Å². The maximum absolute atomic E-state index is 11.2. The predicted octanol–water partition coefficient (Wildman–Crippen LogP) is 0.465. The van der Waals surface area contributed by atoms with Gasteiger partial charge in [0, 0.05) is 19.6 Å². The van der Waals surface area contributed by atoms with Crippen LogP contribution < -0.4 is 0 Å². The van der Waals surface area contributed by atoms with Crippen molar-refractivity contribution in [2.75, 3.05) is 26.5 Å². The molecule has 0 bridgehead atoms. The van der Waals surface area contributed by atoms with Crippen LogP contribution in [0.3, 0.4) is 0 Å². The molecule has 5 heteroatoms. The number of rotatable bonds is 2. The van der Waals surface area contributed by atoms with Gasteiger partial charge in [0.1, 0.15) is 0 Å². The van der Waals surface area contributed by atoms with Crippen LogP contribution in [0, 0.1) is 5.92 Å². The van der Waals surface area contributed by atoms with E-state index < -0.39 is 7.60 Å². The summed E-state index contributed by atoms with van der Waals surface area (Å²) in [6.45, 7) is 0.370. The Morgan fingerprint density at radius 3 is 2.90 bits per heavy atom. The number of hydrogen-bond acceptors (Lipinski definition) is 4. The van der Waals surface area contributed by atoms with Crippen LogP contribution in [0.15, 0.2) is 0 Å². The summed E-state index contributed by atoms with van der Waals surface area (Å²) in [6, 6.07) is 0. The Kier molecular flexibility index (Phi) is 2.47. The molecule has 0 radical (unpaired) electrons. The predicted molar refractivity (Wildman–Crippen MR) is 36.0 cm³/mol. The van der Waals surface area contributed by atoms with Gasteiger partial charge in [0.05, 0.1) is 12.8 Å². The first-order chi connectivity index (χ1) is 4.70. The van der Waals surface area contributed by atoms with Crippen molar-refractivity contribution < 1.29 is 18.7 Å². The minimum absolute atomic E-state index is 0.00853. The second-order valence-electron chi connectivity index (χ2n) is 2.32. The molecule has 1 heterocycles. The summed E-state index contributed by atoms with van der Waals surface area (Å²) in [7, 11) is -1.42. The van der Waals surface area contributed by atoms with Gasteiger partial charge in [0.15, 0.2) is 0 Å². The van der Waals surface area contributed by atoms with Gasteiger partial charge < -0.3 is 14.2 Å². The van der Waals surface area contributed by atoms with Gasteiger partial charge >= 0.3 is 7.60 Å². The third-order valence-corrected chi connectivity index (χ3v) is 3.59. The third-order valence-electron chi connectivity index (χ3n) is 1.53. The lowest BCUT2D eigenvalue weighted by molar-refractivity contribution is 0.196. The van der Waals surface area contributed by atoms with Crippen LogP contribution in [-0.2, 0) is 13.6 Å². The minimum atomic E-state index is -2.78. The van der Waals surface area contributed by atoms with Crippen molar-refractivity contribution in [1.82, 2.24) is 0 Å². The van der Waals surface area contributed by atoms with E-state index in [9.17, 15) is 4.57 Å². The summed E-state index contributed by atoms with van der Waals surface area (Å²) in [4.78, 5) is 0. The van der Waals surface area contributed by atoms with Crippen LogP contribution in [0.2, 0.25) is 0 Å². The van der Waals surface area contributed by atoms with Gasteiger partial charge in [-0.3, -0.25) is 4.57 Å². The largest absolute Gasteiger partial charge is 0.396 e. The Morgan fingerprint density at radius 2 is 2.60 bits per heavy atom. The van der Waals surface area contributed by atoms with Gasteiger partial charge in [-0.15, -0.1) is 0 Å². The van der Waals surface area contributed by atoms with Gasteiger partial charge in [-0.1, -0.05) is 0 Å². The molecular formula is C5H11O4P. The summed E-state index contributed by atoms with van der Waals surface area (Å²) >= 11 is 0. The maximum Gasteiger partial charge on any atom is 0.330 e. The first kappa shape index (κ1) is 8.21. The summed E-state index contributed by atoms with van der Waals surface area (Å²) in [5, 5.41) is 8.64. The first-order valence-corrected chi connectivity index (χ1v) is 4.83. The maximum atomic E-state index is 11.2. The quantitative estimate of drug-likeness (QED) is 0.605. The summed E-state index contributed by atoms with van der Waals surface area (Å²) < 4.78 is 20.7. The fourth-order valence-corrected chi connectivity index (χ4v) is 2.53. The summed E-state index contributed by atoms with van der Waals surface area (Å²) in [5.74, 6) is -0.00853. The molecule has 4 nitrogen and oxygen atoms in total. The Hall–Kier alpha value is 0.110. The zero-order valence-electron chi connectivity index (χ0n) is 5.82. The van der Waals surface area contributed by atoms with Crippen molar-refractivity contribution in [1.29, 1.82) is 0 Å². The van der Waals surface area contributed by atoms with E-state index in [4.69, 9.17) is 9.63 Å². The Labute approximate surface area is 59.7 Å². The van der Waals surface area contributed by atoms with Crippen molar-refractivity contribution in [3.63, 3.8) is 0 Å². The van der Waals surface area contributed by atoms with Crippen molar-refractivity contribution in [3.8, 4) is 0 Å². The lowest BCUT2D eigenvalue weighted by Crippen LogP contribution is -2.07. The molecule has 1 saturated heterocycles. The van der Waals surface area contributed by atoms with E-state index in [1.165, 1.54) is 7.11 Å². The van der Waals surface area contributed by atoms with Gasteiger partial charge in [0.2, 0.25) is 0 Å². The van der Waals surface area contributed by atoms with Crippen LogP contribution >= 0.6 is 7.60 Å². The highest BCUT2D eigenvalue weighted by atomic mass is 31.2. The molecule has 1 N–H and O–H groups in total. The van der Waals surface area contributed by atoms with Gasteiger partial charge in [-0.25, -0.2) is 0 Å². The molecule has 60 valence electrons. The molecule has 1 aliphatic rings. The van der Waals surface area contributed by atoms with Crippen molar-refractivity contribution in [3.05, 3.63) is 0 Å². The van der Waals surface area contributed by atoms with Crippen LogP contribution in [0.1, 0.15) is 0 Å². The van der Waals surface area contributed by atoms with Gasteiger partial charge in [-0.2, -0.15) is 0 Å². The van der Waals surface area contributed by atoms with E-state index in [1.54, 1.807) is 0 Å². The zero-order chi connectivity index (χ0) is 7.61.